The average Bonchev–Trinajstić information content (AvgIpc) is 2.67. The number of benzene rings is 2. The monoisotopic (exact) mass is 340 g/mol. The van der Waals surface area contributed by atoms with Crippen LogP contribution in [0.15, 0.2) is 54.6 Å². The smallest absolute Gasteiger partial charge is 0.258 e. The van der Waals surface area contributed by atoms with Crippen LogP contribution in [0.25, 0.3) is 0 Å². The van der Waals surface area contributed by atoms with Crippen LogP contribution < -0.4 is 10.1 Å². The molecule has 2 aromatic carbocycles. The van der Waals surface area contributed by atoms with Gasteiger partial charge in [-0.15, -0.1) is 0 Å². The van der Waals surface area contributed by atoms with Gasteiger partial charge in [-0.3, -0.25) is 9.69 Å². The molecule has 0 unspecified atom stereocenters. The molecule has 0 bridgehead atoms. The van der Waals surface area contributed by atoms with Crippen molar-refractivity contribution in [2.24, 2.45) is 0 Å². The molecule has 0 atom stereocenters. The van der Waals surface area contributed by atoms with Gasteiger partial charge in [-0.2, -0.15) is 0 Å². The lowest BCUT2D eigenvalue weighted by molar-refractivity contribution is -0.123. The molecule has 1 amide bonds. The molecule has 1 aliphatic heterocycles. The summed E-state index contributed by atoms with van der Waals surface area (Å²) < 4.78 is 10.8. The number of ether oxygens (including phenoxy) is 2. The zero-order chi connectivity index (χ0) is 17.3. The quantitative estimate of drug-likeness (QED) is 0.840. The second-order valence-corrected chi connectivity index (χ2v) is 6.08. The zero-order valence-corrected chi connectivity index (χ0v) is 14.3. The summed E-state index contributed by atoms with van der Waals surface area (Å²) in [7, 11) is 0. The number of hydrogen-bond acceptors (Lipinski definition) is 4. The molecule has 0 saturated carbocycles. The van der Waals surface area contributed by atoms with E-state index in [1.54, 1.807) is 0 Å². The lowest BCUT2D eigenvalue weighted by Crippen LogP contribution is -2.35. The predicted octanol–water partition coefficient (Wildman–Crippen LogP) is 2.21. The second kappa shape index (κ2) is 9.20. The predicted molar refractivity (Wildman–Crippen MR) is 96.3 cm³/mol. The number of para-hydroxylation sites is 1. The van der Waals surface area contributed by atoms with Crippen LogP contribution in [0.4, 0.5) is 0 Å². The molecule has 1 fully saturated rings. The first-order chi connectivity index (χ1) is 12.3. The lowest BCUT2D eigenvalue weighted by Gasteiger charge is -2.26. The molecule has 1 saturated heterocycles. The van der Waals surface area contributed by atoms with Crippen molar-refractivity contribution < 1.29 is 14.3 Å². The van der Waals surface area contributed by atoms with Crippen LogP contribution in [-0.4, -0.2) is 43.7 Å². The van der Waals surface area contributed by atoms with E-state index in [-0.39, 0.29) is 12.5 Å². The summed E-state index contributed by atoms with van der Waals surface area (Å²) >= 11 is 0. The number of nitrogens with zero attached hydrogens (tertiary/aromatic N) is 1. The Morgan fingerprint density at radius 1 is 1.00 bits per heavy atom. The highest BCUT2D eigenvalue weighted by Crippen LogP contribution is 2.10. The van der Waals surface area contributed by atoms with Crippen LogP contribution in [0.5, 0.6) is 5.75 Å². The lowest BCUT2D eigenvalue weighted by atomic mass is 10.1. The Morgan fingerprint density at radius 2 is 1.68 bits per heavy atom. The molecular formula is C20H24N2O3. The maximum absolute atomic E-state index is 11.9. The summed E-state index contributed by atoms with van der Waals surface area (Å²) in [4.78, 5) is 14.3. The maximum atomic E-state index is 11.9. The van der Waals surface area contributed by atoms with Gasteiger partial charge < -0.3 is 14.8 Å². The first kappa shape index (κ1) is 17.5. The molecule has 5 heteroatoms. The third-order valence-electron chi connectivity index (χ3n) is 4.14. The number of rotatable bonds is 7. The third kappa shape index (κ3) is 5.89. The van der Waals surface area contributed by atoms with Crippen molar-refractivity contribution in [1.29, 1.82) is 0 Å². The summed E-state index contributed by atoms with van der Waals surface area (Å²) in [5, 5.41) is 2.88. The summed E-state index contributed by atoms with van der Waals surface area (Å²) in [6.45, 7) is 5.08. The topological polar surface area (TPSA) is 50.8 Å². The van der Waals surface area contributed by atoms with Gasteiger partial charge >= 0.3 is 0 Å². The molecule has 3 rings (SSSR count). The Labute approximate surface area is 148 Å². The van der Waals surface area contributed by atoms with E-state index < -0.39 is 0 Å². The van der Waals surface area contributed by atoms with E-state index in [4.69, 9.17) is 9.47 Å². The molecule has 0 spiro atoms. The fraction of sp³-hybridized carbons (Fsp3) is 0.350. The van der Waals surface area contributed by atoms with Gasteiger partial charge in [-0.05, 0) is 23.3 Å². The van der Waals surface area contributed by atoms with Crippen molar-refractivity contribution in [1.82, 2.24) is 10.2 Å². The fourth-order valence-electron chi connectivity index (χ4n) is 2.70. The van der Waals surface area contributed by atoms with Crippen LogP contribution in [0.3, 0.4) is 0 Å². The van der Waals surface area contributed by atoms with Crippen LogP contribution in [-0.2, 0) is 22.6 Å². The molecule has 2 aromatic rings. The first-order valence-electron chi connectivity index (χ1n) is 8.62. The van der Waals surface area contributed by atoms with Gasteiger partial charge in [0.2, 0.25) is 0 Å². The summed E-state index contributed by atoms with van der Waals surface area (Å²) in [6, 6.07) is 17.7. The Kier molecular flexibility index (Phi) is 6.42. The van der Waals surface area contributed by atoms with Gasteiger partial charge in [0.25, 0.3) is 5.91 Å². The number of carbonyl (C=O) groups excluding carboxylic acids is 1. The Hall–Kier alpha value is -2.37. The molecular weight excluding hydrogens is 316 g/mol. The highest BCUT2D eigenvalue weighted by atomic mass is 16.5. The third-order valence-corrected chi connectivity index (χ3v) is 4.14. The van der Waals surface area contributed by atoms with E-state index in [2.05, 4.69) is 34.5 Å². The summed E-state index contributed by atoms with van der Waals surface area (Å²) in [6.07, 6.45) is 0. The molecule has 1 N–H and O–H groups in total. The van der Waals surface area contributed by atoms with Gasteiger partial charge in [0.05, 0.1) is 13.2 Å². The van der Waals surface area contributed by atoms with Crippen LogP contribution in [0.1, 0.15) is 11.1 Å². The normalized spacial score (nSPS) is 14.9. The van der Waals surface area contributed by atoms with E-state index in [0.29, 0.717) is 12.3 Å². The van der Waals surface area contributed by atoms with E-state index in [1.165, 1.54) is 5.56 Å². The molecule has 132 valence electrons. The average molecular weight is 340 g/mol. The number of nitrogens with one attached hydrogen (secondary N) is 1. The van der Waals surface area contributed by atoms with Gasteiger partial charge in [0.15, 0.2) is 6.61 Å². The Bertz CT molecular complexity index is 652. The standard InChI is InChI=1S/C20H24N2O3/c23-20(16-25-19-4-2-1-3-5-19)21-14-17-6-8-18(9-7-17)15-22-10-12-24-13-11-22/h1-9H,10-16H2,(H,21,23). The van der Waals surface area contributed by atoms with Crippen molar-refractivity contribution in [2.45, 2.75) is 13.1 Å². The zero-order valence-electron chi connectivity index (χ0n) is 14.3. The molecule has 0 aromatic heterocycles. The molecule has 25 heavy (non-hydrogen) atoms. The van der Waals surface area contributed by atoms with Crippen molar-refractivity contribution in [3.05, 3.63) is 65.7 Å². The van der Waals surface area contributed by atoms with Crippen LogP contribution in [0.2, 0.25) is 0 Å². The van der Waals surface area contributed by atoms with Gasteiger partial charge in [0.1, 0.15) is 5.75 Å². The Morgan fingerprint density at radius 3 is 2.40 bits per heavy atom. The minimum atomic E-state index is -0.124. The summed E-state index contributed by atoms with van der Waals surface area (Å²) in [5.74, 6) is 0.575. The second-order valence-electron chi connectivity index (χ2n) is 6.08. The minimum Gasteiger partial charge on any atom is -0.484 e. The highest BCUT2D eigenvalue weighted by molar-refractivity contribution is 5.77. The van der Waals surface area contributed by atoms with E-state index in [9.17, 15) is 4.79 Å². The molecule has 5 nitrogen and oxygen atoms in total. The van der Waals surface area contributed by atoms with Crippen molar-refractivity contribution >= 4 is 5.91 Å². The Balaban J connectivity index is 1.39. The number of hydrogen-bond donors (Lipinski definition) is 1. The fourth-order valence-corrected chi connectivity index (χ4v) is 2.70. The molecule has 0 aliphatic carbocycles. The van der Waals surface area contributed by atoms with E-state index in [0.717, 1.165) is 38.4 Å². The van der Waals surface area contributed by atoms with Gasteiger partial charge in [0, 0.05) is 26.2 Å². The number of morpholine rings is 1. The number of carbonyl (C=O) groups is 1. The first-order valence-corrected chi connectivity index (χ1v) is 8.62. The van der Waals surface area contributed by atoms with Crippen LogP contribution >= 0.6 is 0 Å². The maximum Gasteiger partial charge on any atom is 0.258 e. The molecule has 1 aliphatic rings. The molecule has 0 radical (unpaired) electrons. The van der Waals surface area contributed by atoms with Crippen molar-refractivity contribution in [3.8, 4) is 5.75 Å². The largest absolute Gasteiger partial charge is 0.484 e. The van der Waals surface area contributed by atoms with Crippen molar-refractivity contribution in [3.63, 3.8) is 0 Å². The van der Waals surface area contributed by atoms with Crippen LogP contribution in [0, 0.1) is 0 Å². The van der Waals surface area contributed by atoms with Crippen molar-refractivity contribution in [2.75, 3.05) is 32.9 Å². The number of amides is 1. The summed E-state index contributed by atoms with van der Waals surface area (Å²) in [5.41, 5.74) is 2.36. The SMILES string of the molecule is O=C(COc1ccccc1)NCc1ccc(CN2CCOCC2)cc1. The van der Waals surface area contributed by atoms with E-state index in [1.807, 2.05) is 30.3 Å². The van der Waals surface area contributed by atoms with Gasteiger partial charge in [-0.1, -0.05) is 42.5 Å². The van der Waals surface area contributed by atoms with E-state index >= 15 is 0 Å². The highest BCUT2D eigenvalue weighted by Gasteiger charge is 2.10. The molecule has 1 heterocycles. The minimum absolute atomic E-state index is 0.0269. The van der Waals surface area contributed by atoms with Gasteiger partial charge in [-0.25, -0.2) is 0 Å².